The van der Waals surface area contributed by atoms with Gasteiger partial charge in [0.05, 0.1) is 17.3 Å². The van der Waals surface area contributed by atoms with Crippen molar-refractivity contribution in [3.63, 3.8) is 0 Å². The van der Waals surface area contributed by atoms with E-state index in [9.17, 15) is 24.3 Å². The van der Waals surface area contributed by atoms with Gasteiger partial charge in [-0.2, -0.15) is 0 Å². The third kappa shape index (κ3) is 4.07. The van der Waals surface area contributed by atoms with Crippen LogP contribution in [0.25, 0.3) is 5.57 Å². The fraction of sp³-hybridized carbons (Fsp3) is 0.333. The van der Waals surface area contributed by atoms with Crippen LogP contribution in [0.1, 0.15) is 61.8 Å². The molecular formula is C39H37NO5. The molecule has 0 unspecified atom stereocenters. The Labute approximate surface area is 263 Å². The summed E-state index contributed by atoms with van der Waals surface area (Å²) in [6, 6.07) is 24.2. The molecule has 1 N–H and O–H groups in total. The number of carbonyl (C=O) groups excluding carboxylic acids is 4. The van der Waals surface area contributed by atoms with Crippen molar-refractivity contribution in [3.8, 4) is 5.75 Å². The van der Waals surface area contributed by atoms with Gasteiger partial charge in [0.2, 0.25) is 11.8 Å². The van der Waals surface area contributed by atoms with Gasteiger partial charge in [0.25, 0.3) is 0 Å². The molecule has 0 bridgehead atoms. The van der Waals surface area contributed by atoms with E-state index < -0.39 is 40.5 Å². The van der Waals surface area contributed by atoms with Crippen LogP contribution in [-0.4, -0.2) is 38.9 Å². The zero-order chi connectivity index (χ0) is 31.8. The first-order valence-corrected chi connectivity index (χ1v) is 15.8. The second-order valence-corrected chi connectivity index (χ2v) is 14.0. The summed E-state index contributed by atoms with van der Waals surface area (Å²) in [5, 5.41) is 11.6. The number of ketones is 2. The summed E-state index contributed by atoms with van der Waals surface area (Å²) in [4.78, 5) is 59.3. The van der Waals surface area contributed by atoms with Crippen molar-refractivity contribution in [3.05, 3.63) is 119 Å². The highest BCUT2D eigenvalue weighted by atomic mass is 16.3. The Hall–Kier alpha value is -4.58. The molecule has 1 aliphatic heterocycles. The van der Waals surface area contributed by atoms with Crippen molar-refractivity contribution in [2.45, 2.75) is 57.4 Å². The van der Waals surface area contributed by atoms with Gasteiger partial charge in [-0.05, 0) is 69.2 Å². The van der Waals surface area contributed by atoms with Crippen LogP contribution < -0.4 is 0 Å². The van der Waals surface area contributed by atoms with Gasteiger partial charge < -0.3 is 5.11 Å². The zero-order valence-corrected chi connectivity index (χ0v) is 26.0. The summed E-state index contributed by atoms with van der Waals surface area (Å²) in [5.41, 5.74) is 1.75. The minimum Gasteiger partial charge on any atom is -0.507 e. The van der Waals surface area contributed by atoms with Crippen molar-refractivity contribution in [1.82, 2.24) is 4.90 Å². The molecule has 1 saturated heterocycles. The van der Waals surface area contributed by atoms with E-state index in [0.29, 0.717) is 34.2 Å². The molecule has 4 aliphatic rings. The lowest BCUT2D eigenvalue weighted by molar-refractivity contribution is -0.145. The monoisotopic (exact) mass is 599 g/mol. The standard InChI is InChI=1S/C39H37NO5/c1-22-12-11-17-27(34(22)42)33-25-18-19-26-32(37(45)40(36(26)44)38(2,3)4)29(25)20-30-35(43)28(23-13-7-5-8-14-23)21-31(41)39(30,33)24-15-9-6-10-16-24/h5-18,21,26,29-30,32-33,42H,19-20H2,1-4H3/t26-,29+,30-,32-,33+,39-/m0/s1. The summed E-state index contributed by atoms with van der Waals surface area (Å²) in [5.74, 6) is -3.86. The van der Waals surface area contributed by atoms with E-state index in [1.165, 1.54) is 11.0 Å². The third-order valence-corrected chi connectivity index (χ3v) is 10.6. The predicted molar refractivity (Wildman–Crippen MR) is 171 cm³/mol. The Kier molecular flexibility index (Phi) is 6.63. The number of phenolic OH excluding ortho intramolecular Hbond substituents is 1. The van der Waals surface area contributed by atoms with Crippen LogP contribution >= 0.6 is 0 Å². The first-order valence-electron chi connectivity index (χ1n) is 15.8. The molecule has 6 heteroatoms. The maximum Gasteiger partial charge on any atom is 0.234 e. The molecular weight excluding hydrogens is 562 g/mol. The second-order valence-electron chi connectivity index (χ2n) is 14.0. The van der Waals surface area contributed by atoms with Gasteiger partial charge in [0.1, 0.15) is 5.75 Å². The molecule has 228 valence electrons. The number of aryl methyl sites for hydroxylation is 1. The molecule has 0 aromatic heterocycles. The predicted octanol–water partition coefficient (Wildman–Crippen LogP) is 6.32. The number of fused-ring (bicyclic) bond motifs is 4. The van der Waals surface area contributed by atoms with Crippen LogP contribution in [-0.2, 0) is 24.6 Å². The number of hydrogen-bond acceptors (Lipinski definition) is 5. The van der Waals surface area contributed by atoms with Crippen molar-refractivity contribution in [1.29, 1.82) is 0 Å². The second kappa shape index (κ2) is 10.2. The SMILES string of the molecule is Cc1cccc([C@H]2C3=CC[C@@H]4C(=O)N(C(C)(C)C)C(=O)[C@@H]4[C@@H]3C[C@H]3C(=O)C(c4ccccc4)=CC(=O)[C@@]23c2ccccc2)c1O. The number of nitrogens with zero attached hydrogens (tertiary/aromatic N) is 1. The number of para-hydroxylation sites is 1. The van der Waals surface area contributed by atoms with Gasteiger partial charge in [0.15, 0.2) is 11.6 Å². The van der Waals surface area contributed by atoms with E-state index >= 15 is 0 Å². The molecule has 0 spiro atoms. The van der Waals surface area contributed by atoms with E-state index in [0.717, 1.165) is 5.57 Å². The molecule has 7 rings (SSSR count). The number of amides is 2. The average molecular weight is 600 g/mol. The summed E-state index contributed by atoms with van der Waals surface area (Å²) in [6.45, 7) is 7.41. The zero-order valence-electron chi connectivity index (χ0n) is 26.0. The number of phenols is 1. The molecule has 2 fully saturated rings. The summed E-state index contributed by atoms with van der Waals surface area (Å²) >= 11 is 0. The number of aromatic hydroxyl groups is 1. The number of rotatable bonds is 3. The average Bonchev–Trinajstić information content (AvgIpc) is 3.30. The highest BCUT2D eigenvalue weighted by Crippen LogP contribution is 2.64. The van der Waals surface area contributed by atoms with Crippen molar-refractivity contribution >= 4 is 29.0 Å². The minimum absolute atomic E-state index is 0.0726. The maximum atomic E-state index is 15.0. The van der Waals surface area contributed by atoms with Crippen molar-refractivity contribution < 1.29 is 24.3 Å². The van der Waals surface area contributed by atoms with Crippen LogP contribution in [0, 0.1) is 30.6 Å². The highest BCUT2D eigenvalue weighted by Gasteiger charge is 2.66. The minimum atomic E-state index is -1.35. The molecule has 2 amide bonds. The van der Waals surface area contributed by atoms with Gasteiger partial charge >= 0.3 is 0 Å². The Bertz CT molecular complexity index is 1810. The largest absolute Gasteiger partial charge is 0.507 e. The molecule has 3 aliphatic carbocycles. The van der Waals surface area contributed by atoms with Crippen molar-refractivity contribution in [2.24, 2.45) is 23.7 Å². The summed E-state index contributed by atoms with van der Waals surface area (Å²) in [6.07, 6.45) is 4.14. The van der Waals surface area contributed by atoms with Crippen LogP contribution in [0.2, 0.25) is 0 Å². The Morgan fingerprint density at radius 2 is 1.49 bits per heavy atom. The molecule has 3 aromatic carbocycles. The first-order chi connectivity index (χ1) is 21.5. The number of likely N-dealkylation sites (tertiary alicyclic amines) is 1. The smallest absolute Gasteiger partial charge is 0.234 e. The van der Waals surface area contributed by atoms with Gasteiger partial charge in [-0.3, -0.25) is 24.1 Å². The Morgan fingerprint density at radius 3 is 2.16 bits per heavy atom. The molecule has 3 aromatic rings. The lowest BCUT2D eigenvalue weighted by atomic mass is 9.44. The highest BCUT2D eigenvalue weighted by molar-refractivity contribution is 6.31. The molecule has 0 radical (unpaired) electrons. The fourth-order valence-electron chi connectivity index (χ4n) is 8.79. The lowest BCUT2D eigenvalue weighted by Crippen LogP contribution is -2.59. The quantitative estimate of drug-likeness (QED) is 0.281. The molecule has 6 nitrogen and oxygen atoms in total. The number of Topliss-reactive ketones (excluding diaryl/α,β-unsaturated/α-hetero) is 1. The van der Waals surface area contributed by atoms with Crippen molar-refractivity contribution in [2.75, 3.05) is 0 Å². The van der Waals surface area contributed by atoms with Gasteiger partial charge in [0, 0.05) is 28.5 Å². The summed E-state index contributed by atoms with van der Waals surface area (Å²) < 4.78 is 0. The van der Waals surface area contributed by atoms with Crippen LogP contribution in [0.15, 0.2) is 96.6 Å². The molecule has 6 atom stereocenters. The van der Waals surface area contributed by atoms with Gasteiger partial charge in [-0.25, -0.2) is 0 Å². The molecule has 1 heterocycles. The lowest BCUT2D eigenvalue weighted by Gasteiger charge is -2.55. The summed E-state index contributed by atoms with van der Waals surface area (Å²) in [7, 11) is 0. The van der Waals surface area contributed by atoms with Crippen LogP contribution in [0.3, 0.4) is 0 Å². The van der Waals surface area contributed by atoms with E-state index in [2.05, 4.69) is 0 Å². The van der Waals surface area contributed by atoms with E-state index in [4.69, 9.17) is 0 Å². The van der Waals surface area contributed by atoms with Gasteiger partial charge in [-0.1, -0.05) is 90.5 Å². The van der Waals surface area contributed by atoms with Gasteiger partial charge in [-0.15, -0.1) is 0 Å². The van der Waals surface area contributed by atoms with Crippen LogP contribution in [0.4, 0.5) is 0 Å². The first kappa shape index (κ1) is 29.1. The number of benzene rings is 3. The Balaban J connectivity index is 1.52. The normalized spacial score (nSPS) is 29.5. The number of allylic oxidation sites excluding steroid dienone is 4. The molecule has 1 saturated carbocycles. The third-order valence-electron chi connectivity index (χ3n) is 10.6. The maximum absolute atomic E-state index is 15.0. The molecule has 45 heavy (non-hydrogen) atoms. The van der Waals surface area contributed by atoms with E-state index in [1.807, 2.05) is 113 Å². The van der Waals surface area contributed by atoms with Crippen LogP contribution in [0.5, 0.6) is 5.75 Å². The number of hydrogen-bond donors (Lipinski definition) is 1. The van der Waals surface area contributed by atoms with E-state index in [-0.39, 0.29) is 35.6 Å². The number of imide groups is 1. The number of carbonyl (C=O) groups is 4. The topological polar surface area (TPSA) is 91.8 Å². The van der Waals surface area contributed by atoms with E-state index in [1.54, 1.807) is 0 Å². The Morgan fingerprint density at radius 1 is 0.822 bits per heavy atom. The fourth-order valence-corrected chi connectivity index (χ4v) is 8.79.